The molecule has 1 aromatic rings. The zero-order valence-corrected chi connectivity index (χ0v) is 13.0. The van der Waals surface area contributed by atoms with Crippen LogP contribution in [0.5, 0.6) is 0 Å². The number of benzene rings is 1. The van der Waals surface area contributed by atoms with E-state index >= 15 is 0 Å². The Hall–Kier alpha value is -1.42. The van der Waals surface area contributed by atoms with Crippen LogP contribution in [0.2, 0.25) is 0 Å². The maximum absolute atomic E-state index is 13.0. The number of hydrogen-bond acceptors (Lipinski definition) is 2. The fourth-order valence-corrected chi connectivity index (χ4v) is 2.97. The Balaban J connectivity index is 2.07. The molecule has 0 saturated carbocycles. The lowest BCUT2D eigenvalue weighted by Crippen LogP contribution is -2.48. The third kappa shape index (κ3) is 3.43. The molecule has 1 heterocycles. The first-order valence-electron chi connectivity index (χ1n) is 7.56. The Morgan fingerprint density at radius 3 is 2.29 bits per heavy atom. The van der Waals surface area contributed by atoms with E-state index in [1.807, 2.05) is 25.7 Å². The summed E-state index contributed by atoms with van der Waals surface area (Å²) in [4.78, 5) is 14.6. The number of aliphatic hydroxyl groups excluding tert-OH is 1. The highest BCUT2D eigenvalue weighted by Crippen LogP contribution is 2.29. The van der Waals surface area contributed by atoms with Gasteiger partial charge in [-0.25, -0.2) is 4.39 Å². The number of carbonyl (C=O) groups excluding carboxylic acids is 1. The van der Waals surface area contributed by atoms with Crippen LogP contribution >= 0.6 is 0 Å². The molecule has 1 aliphatic rings. The molecule has 1 amide bonds. The van der Waals surface area contributed by atoms with Gasteiger partial charge in [-0.15, -0.1) is 0 Å². The van der Waals surface area contributed by atoms with Crippen LogP contribution < -0.4 is 0 Å². The number of piperidine rings is 1. The van der Waals surface area contributed by atoms with Crippen molar-refractivity contribution in [3.63, 3.8) is 0 Å². The fourth-order valence-electron chi connectivity index (χ4n) is 2.97. The van der Waals surface area contributed by atoms with E-state index in [2.05, 4.69) is 0 Å². The van der Waals surface area contributed by atoms with Gasteiger partial charge in [0.1, 0.15) is 5.82 Å². The smallest absolute Gasteiger partial charge is 0.232 e. The lowest BCUT2D eigenvalue weighted by Gasteiger charge is -2.38. The first-order valence-corrected chi connectivity index (χ1v) is 7.56. The lowest BCUT2D eigenvalue weighted by molar-refractivity contribution is -0.138. The summed E-state index contributed by atoms with van der Waals surface area (Å²) in [6.45, 7) is 6.93. The van der Waals surface area contributed by atoms with Crippen LogP contribution in [0.15, 0.2) is 24.3 Å². The molecule has 0 bridgehead atoms. The minimum Gasteiger partial charge on any atom is -0.393 e. The number of rotatable bonds is 3. The predicted molar refractivity (Wildman–Crippen MR) is 80.4 cm³/mol. The van der Waals surface area contributed by atoms with Crippen LogP contribution in [0, 0.1) is 11.7 Å². The molecule has 116 valence electrons. The SMILES string of the molecule is CC(O)C1CCN(C(=O)C(C)(C)c2ccc(F)cc2)CC1. The standard InChI is InChI=1S/C17H24FNO2/c1-12(20)13-8-10-19(11-9-13)16(21)17(2,3)14-4-6-15(18)7-5-14/h4-7,12-13,20H,8-11H2,1-3H3. The lowest BCUT2D eigenvalue weighted by atomic mass is 9.82. The highest BCUT2D eigenvalue weighted by Gasteiger charge is 2.35. The average molecular weight is 293 g/mol. The summed E-state index contributed by atoms with van der Waals surface area (Å²) in [5.41, 5.74) is 0.164. The topological polar surface area (TPSA) is 40.5 Å². The van der Waals surface area contributed by atoms with Gasteiger partial charge in [-0.2, -0.15) is 0 Å². The van der Waals surface area contributed by atoms with Crippen molar-refractivity contribution in [1.82, 2.24) is 4.90 Å². The van der Waals surface area contributed by atoms with Crippen molar-refractivity contribution in [3.05, 3.63) is 35.6 Å². The van der Waals surface area contributed by atoms with Crippen molar-refractivity contribution in [1.29, 1.82) is 0 Å². The second kappa shape index (κ2) is 6.14. The largest absolute Gasteiger partial charge is 0.393 e. The first-order chi connectivity index (χ1) is 9.82. The fraction of sp³-hybridized carbons (Fsp3) is 0.588. The second-order valence-corrected chi connectivity index (χ2v) is 6.50. The second-order valence-electron chi connectivity index (χ2n) is 6.50. The van der Waals surface area contributed by atoms with E-state index in [0.29, 0.717) is 13.1 Å². The summed E-state index contributed by atoms with van der Waals surface area (Å²) >= 11 is 0. The van der Waals surface area contributed by atoms with Gasteiger partial charge in [0.25, 0.3) is 0 Å². The molecule has 2 rings (SSSR count). The summed E-state index contributed by atoms with van der Waals surface area (Å²) in [5.74, 6) is 0.0564. The first kappa shape index (κ1) is 16.0. The number of carbonyl (C=O) groups is 1. The molecule has 1 N–H and O–H groups in total. The molecule has 4 heteroatoms. The summed E-state index contributed by atoms with van der Waals surface area (Å²) in [5, 5.41) is 9.63. The van der Waals surface area contributed by atoms with Crippen molar-refractivity contribution in [2.24, 2.45) is 5.92 Å². The molecule has 21 heavy (non-hydrogen) atoms. The third-order valence-electron chi connectivity index (χ3n) is 4.61. The van der Waals surface area contributed by atoms with Crippen molar-refractivity contribution in [3.8, 4) is 0 Å². The number of halogens is 1. The number of nitrogens with zero attached hydrogens (tertiary/aromatic N) is 1. The van der Waals surface area contributed by atoms with Crippen molar-refractivity contribution in [2.75, 3.05) is 13.1 Å². The van der Waals surface area contributed by atoms with E-state index in [9.17, 15) is 14.3 Å². The highest BCUT2D eigenvalue weighted by atomic mass is 19.1. The molecule has 1 saturated heterocycles. The van der Waals surface area contributed by atoms with Crippen LogP contribution in [0.1, 0.15) is 39.2 Å². The van der Waals surface area contributed by atoms with Gasteiger partial charge in [-0.05, 0) is 57.2 Å². The normalized spacial score (nSPS) is 18.6. The zero-order valence-electron chi connectivity index (χ0n) is 13.0. The molecular formula is C17H24FNO2. The van der Waals surface area contributed by atoms with Gasteiger partial charge in [0.15, 0.2) is 0 Å². The monoisotopic (exact) mass is 293 g/mol. The van der Waals surface area contributed by atoms with E-state index < -0.39 is 5.41 Å². The molecule has 3 nitrogen and oxygen atoms in total. The maximum atomic E-state index is 13.0. The van der Waals surface area contributed by atoms with Gasteiger partial charge in [-0.1, -0.05) is 12.1 Å². The average Bonchev–Trinajstić information content (AvgIpc) is 2.47. The summed E-state index contributed by atoms with van der Waals surface area (Å²) < 4.78 is 13.0. The van der Waals surface area contributed by atoms with Gasteiger partial charge in [0.05, 0.1) is 11.5 Å². The minimum atomic E-state index is -0.661. The summed E-state index contributed by atoms with van der Waals surface area (Å²) in [7, 11) is 0. The number of amides is 1. The van der Waals surface area contributed by atoms with Crippen LogP contribution in [0.25, 0.3) is 0 Å². The highest BCUT2D eigenvalue weighted by molar-refractivity contribution is 5.87. The molecule has 1 unspecified atom stereocenters. The Morgan fingerprint density at radius 1 is 1.29 bits per heavy atom. The van der Waals surface area contributed by atoms with Crippen molar-refractivity contribution in [2.45, 2.75) is 45.1 Å². The van der Waals surface area contributed by atoms with Crippen molar-refractivity contribution >= 4 is 5.91 Å². The Morgan fingerprint density at radius 2 is 1.81 bits per heavy atom. The van der Waals surface area contributed by atoms with E-state index in [0.717, 1.165) is 18.4 Å². The predicted octanol–water partition coefficient (Wildman–Crippen LogP) is 2.72. The van der Waals surface area contributed by atoms with Gasteiger partial charge in [0.2, 0.25) is 5.91 Å². The van der Waals surface area contributed by atoms with Gasteiger partial charge >= 0.3 is 0 Å². The minimum absolute atomic E-state index is 0.0677. The molecule has 0 radical (unpaired) electrons. The van der Waals surface area contributed by atoms with Crippen LogP contribution in [0.4, 0.5) is 4.39 Å². The van der Waals surface area contributed by atoms with Crippen molar-refractivity contribution < 1.29 is 14.3 Å². The molecule has 1 atom stereocenters. The van der Waals surface area contributed by atoms with Crippen LogP contribution in [-0.2, 0) is 10.2 Å². The molecule has 1 aliphatic heterocycles. The molecule has 1 fully saturated rings. The Bertz CT molecular complexity index is 488. The summed E-state index contributed by atoms with van der Waals surface area (Å²) in [6.07, 6.45) is 1.36. The molecule has 1 aromatic carbocycles. The van der Waals surface area contributed by atoms with Gasteiger partial charge < -0.3 is 10.0 Å². The quantitative estimate of drug-likeness (QED) is 0.931. The third-order valence-corrected chi connectivity index (χ3v) is 4.61. The number of likely N-dealkylation sites (tertiary alicyclic amines) is 1. The van der Waals surface area contributed by atoms with Crippen LogP contribution in [-0.4, -0.2) is 35.1 Å². The maximum Gasteiger partial charge on any atom is 0.232 e. The zero-order chi connectivity index (χ0) is 15.6. The van der Waals surface area contributed by atoms with E-state index in [-0.39, 0.29) is 23.7 Å². The van der Waals surface area contributed by atoms with Gasteiger partial charge in [0, 0.05) is 13.1 Å². The number of aliphatic hydroxyl groups is 1. The number of hydrogen-bond donors (Lipinski definition) is 1. The Kier molecular flexibility index (Phi) is 4.67. The Labute approximate surface area is 125 Å². The molecule has 0 aliphatic carbocycles. The summed E-state index contributed by atoms with van der Waals surface area (Å²) in [6, 6.07) is 6.14. The van der Waals surface area contributed by atoms with E-state index in [4.69, 9.17) is 0 Å². The van der Waals surface area contributed by atoms with Gasteiger partial charge in [-0.3, -0.25) is 4.79 Å². The molecule has 0 aromatic heterocycles. The van der Waals surface area contributed by atoms with E-state index in [1.165, 1.54) is 12.1 Å². The van der Waals surface area contributed by atoms with E-state index in [1.54, 1.807) is 12.1 Å². The molecular weight excluding hydrogens is 269 g/mol. The molecule has 0 spiro atoms. The van der Waals surface area contributed by atoms with Crippen LogP contribution in [0.3, 0.4) is 0 Å².